The second-order valence-corrected chi connectivity index (χ2v) is 5.69. The highest BCUT2D eigenvalue weighted by atomic mass is 19.1. The van der Waals surface area contributed by atoms with Crippen LogP contribution in [0.2, 0.25) is 0 Å². The SMILES string of the molecule is CC1CCC(CNC(=O)c2ccc(F)cc2C#CCN)C1. The van der Waals surface area contributed by atoms with Gasteiger partial charge in [-0.3, -0.25) is 4.79 Å². The molecule has 1 saturated carbocycles. The molecule has 0 spiro atoms. The minimum Gasteiger partial charge on any atom is -0.352 e. The Balaban J connectivity index is 2.04. The van der Waals surface area contributed by atoms with Crippen molar-refractivity contribution < 1.29 is 9.18 Å². The Labute approximate surface area is 125 Å². The number of nitrogens with one attached hydrogen (secondary N) is 1. The van der Waals surface area contributed by atoms with Crippen LogP contribution in [0, 0.1) is 29.5 Å². The van der Waals surface area contributed by atoms with Gasteiger partial charge in [-0.05, 0) is 42.9 Å². The lowest BCUT2D eigenvalue weighted by Gasteiger charge is -2.12. The summed E-state index contributed by atoms with van der Waals surface area (Å²) in [4.78, 5) is 12.2. The lowest BCUT2D eigenvalue weighted by molar-refractivity contribution is 0.0947. The summed E-state index contributed by atoms with van der Waals surface area (Å²) < 4.78 is 13.3. The third-order valence-electron chi connectivity index (χ3n) is 3.91. The van der Waals surface area contributed by atoms with Crippen LogP contribution in [0.25, 0.3) is 0 Å². The van der Waals surface area contributed by atoms with Gasteiger partial charge < -0.3 is 11.1 Å². The Kier molecular flexibility index (Phi) is 5.35. The zero-order valence-corrected chi connectivity index (χ0v) is 12.3. The van der Waals surface area contributed by atoms with Gasteiger partial charge in [0, 0.05) is 12.1 Å². The number of benzene rings is 1. The number of carbonyl (C=O) groups is 1. The van der Waals surface area contributed by atoms with Crippen molar-refractivity contribution in [2.24, 2.45) is 17.6 Å². The van der Waals surface area contributed by atoms with E-state index < -0.39 is 5.82 Å². The molecular weight excluding hydrogens is 267 g/mol. The van der Waals surface area contributed by atoms with Crippen molar-refractivity contribution in [2.45, 2.75) is 26.2 Å². The first-order valence-corrected chi connectivity index (χ1v) is 7.37. The molecule has 4 heteroatoms. The van der Waals surface area contributed by atoms with Gasteiger partial charge in [0.25, 0.3) is 5.91 Å². The fourth-order valence-electron chi connectivity index (χ4n) is 2.81. The van der Waals surface area contributed by atoms with Crippen molar-refractivity contribution in [1.82, 2.24) is 5.32 Å². The quantitative estimate of drug-likeness (QED) is 0.839. The van der Waals surface area contributed by atoms with Crippen LogP contribution in [-0.2, 0) is 0 Å². The Morgan fingerprint density at radius 2 is 2.29 bits per heavy atom. The van der Waals surface area contributed by atoms with E-state index in [9.17, 15) is 9.18 Å². The van der Waals surface area contributed by atoms with Crippen molar-refractivity contribution in [1.29, 1.82) is 0 Å². The Bertz CT molecular complexity index is 574. The molecule has 1 aromatic carbocycles. The van der Waals surface area contributed by atoms with Gasteiger partial charge in [0.1, 0.15) is 5.82 Å². The summed E-state index contributed by atoms with van der Waals surface area (Å²) in [5.41, 5.74) is 6.12. The van der Waals surface area contributed by atoms with Crippen LogP contribution in [0.15, 0.2) is 18.2 Å². The van der Waals surface area contributed by atoms with Crippen LogP contribution < -0.4 is 11.1 Å². The van der Waals surface area contributed by atoms with Crippen LogP contribution in [0.1, 0.15) is 42.1 Å². The molecule has 1 aliphatic rings. The molecule has 3 N–H and O–H groups in total. The standard InChI is InChI=1S/C17H21FN2O/c1-12-4-5-13(9-12)11-20-17(21)16-7-6-15(18)10-14(16)3-2-8-19/h6-7,10,12-13H,4-5,8-9,11,19H2,1H3,(H,20,21). The average Bonchev–Trinajstić information content (AvgIpc) is 2.88. The first kappa shape index (κ1) is 15.5. The molecule has 21 heavy (non-hydrogen) atoms. The average molecular weight is 288 g/mol. The third kappa shape index (κ3) is 4.30. The molecule has 1 aliphatic carbocycles. The number of amides is 1. The van der Waals surface area contributed by atoms with Gasteiger partial charge in [-0.1, -0.05) is 25.2 Å². The van der Waals surface area contributed by atoms with Gasteiger partial charge in [0.2, 0.25) is 0 Å². The predicted molar refractivity (Wildman–Crippen MR) is 81.2 cm³/mol. The normalized spacial score (nSPS) is 20.7. The van der Waals surface area contributed by atoms with E-state index in [2.05, 4.69) is 24.1 Å². The van der Waals surface area contributed by atoms with E-state index in [1.165, 1.54) is 24.6 Å². The van der Waals surface area contributed by atoms with Crippen molar-refractivity contribution in [3.05, 3.63) is 35.1 Å². The first-order valence-electron chi connectivity index (χ1n) is 7.37. The minimum atomic E-state index is -0.405. The Morgan fingerprint density at radius 1 is 1.48 bits per heavy atom. The first-order chi connectivity index (χ1) is 10.1. The second-order valence-electron chi connectivity index (χ2n) is 5.69. The van der Waals surface area contributed by atoms with E-state index in [1.807, 2.05) is 0 Å². The van der Waals surface area contributed by atoms with Gasteiger partial charge in [-0.25, -0.2) is 4.39 Å². The molecular formula is C17H21FN2O. The molecule has 0 bridgehead atoms. The fourth-order valence-corrected chi connectivity index (χ4v) is 2.81. The summed E-state index contributed by atoms with van der Waals surface area (Å²) in [6, 6.07) is 4.03. The van der Waals surface area contributed by atoms with Crippen LogP contribution in [-0.4, -0.2) is 19.0 Å². The second kappa shape index (κ2) is 7.24. The lowest BCUT2D eigenvalue weighted by Crippen LogP contribution is -2.29. The van der Waals surface area contributed by atoms with Gasteiger partial charge >= 0.3 is 0 Å². The molecule has 3 nitrogen and oxygen atoms in total. The van der Waals surface area contributed by atoms with Crippen molar-refractivity contribution >= 4 is 5.91 Å². The summed E-state index contributed by atoms with van der Waals surface area (Å²) >= 11 is 0. The predicted octanol–water partition coefficient (Wildman–Crippen LogP) is 2.30. The highest BCUT2D eigenvalue weighted by Gasteiger charge is 2.22. The number of halogens is 1. The van der Waals surface area contributed by atoms with Crippen LogP contribution in [0.5, 0.6) is 0 Å². The maximum atomic E-state index is 13.3. The summed E-state index contributed by atoms with van der Waals surface area (Å²) in [5, 5.41) is 2.94. The molecule has 1 amide bonds. The highest BCUT2D eigenvalue weighted by molar-refractivity contribution is 5.96. The smallest absolute Gasteiger partial charge is 0.252 e. The number of rotatable bonds is 3. The van der Waals surface area contributed by atoms with Crippen LogP contribution in [0.4, 0.5) is 4.39 Å². The number of hydrogen-bond acceptors (Lipinski definition) is 2. The van der Waals surface area contributed by atoms with E-state index in [-0.39, 0.29) is 12.5 Å². The van der Waals surface area contributed by atoms with Crippen molar-refractivity contribution in [3.8, 4) is 11.8 Å². The largest absolute Gasteiger partial charge is 0.352 e. The zero-order chi connectivity index (χ0) is 15.2. The van der Waals surface area contributed by atoms with E-state index in [0.717, 1.165) is 18.8 Å². The molecule has 0 radical (unpaired) electrons. The maximum Gasteiger partial charge on any atom is 0.252 e. The number of nitrogens with two attached hydrogens (primary N) is 1. The maximum absolute atomic E-state index is 13.3. The molecule has 2 atom stereocenters. The minimum absolute atomic E-state index is 0.178. The molecule has 0 aliphatic heterocycles. The summed E-state index contributed by atoms with van der Waals surface area (Å²) in [5.74, 6) is 6.10. The van der Waals surface area contributed by atoms with Crippen molar-refractivity contribution in [2.75, 3.05) is 13.1 Å². The van der Waals surface area contributed by atoms with E-state index in [4.69, 9.17) is 5.73 Å². The molecule has 0 heterocycles. The van der Waals surface area contributed by atoms with E-state index in [0.29, 0.717) is 23.6 Å². The monoisotopic (exact) mass is 288 g/mol. The molecule has 1 fully saturated rings. The van der Waals surface area contributed by atoms with Crippen LogP contribution >= 0.6 is 0 Å². The van der Waals surface area contributed by atoms with Gasteiger partial charge in [0.15, 0.2) is 0 Å². The summed E-state index contributed by atoms with van der Waals surface area (Å²) in [7, 11) is 0. The third-order valence-corrected chi connectivity index (χ3v) is 3.91. The molecule has 112 valence electrons. The summed E-state index contributed by atoms with van der Waals surface area (Å²) in [6.07, 6.45) is 3.54. The van der Waals surface area contributed by atoms with Crippen LogP contribution in [0.3, 0.4) is 0 Å². The summed E-state index contributed by atoms with van der Waals surface area (Å²) in [6.45, 7) is 3.09. The Morgan fingerprint density at radius 3 is 2.95 bits per heavy atom. The number of carbonyl (C=O) groups excluding carboxylic acids is 1. The number of hydrogen-bond donors (Lipinski definition) is 2. The fraction of sp³-hybridized carbons (Fsp3) is 0.471. The topological polar surface area (TPSA) is 55.1 Å². The van der Waals surface area contributed by atoms with Gasteiger partial charge in [-0.15, -0.1) is 0 Å². The molecule has 0 aromatic heterocycles. The zero-order valence-electron chi connectivity index (χ0n) is 12.3. The molecule has 2 rings (SSSR count). The Hall–Kier alpha value is -1.86. The van der Waals surface area contributed by atoms with Gasteiger partial charge in [0.05, 0.1) is 12.1 Å². The van der Waals surface area contributed by atoms with E-state index in [1.54, 1.807) is 0 Å². The van der Waals surface area contributed by atoms with Gasteiger partial charge in [-0.2, -0.15) is 0 Å². The molecule has 0 saturated heterocycles. The molecule has 2 unspecified atom stereocenters. The molecule has 1 aromatic rings. The highest BCUT2D eigenvalue weighted by Crippen LogP contribution is 2.29. The van der Waals surface area contributed by atoms with Crippen molar-refractivity contribution in [3.63, 3.8) is 0 Å². The lowest BCUT2D eigenvalue weighted by atomic mass is 10.0. The van der Waals surface area contributed by atoms with E-state index >= 15 is 0 Å².